The fourth-order valence-corrected chi connectivity index (χ4v) is 3.69. The van der Waals surface area contributed by atoms with Gasteiger partial charge in [-0.2, -0.15) is 0 Å². The first-order valence-electron chi connectivity index (χ1n) is 5.78. The van der Waals surface area contributed by atoms with Gasteiger partial charge in [0.2, 0.25) is 0 Å². The SMILES string of the molecule is Cc1ccccc1C(CCl)(CCl)Cc1nccs1. The summed E-state index contributed by atoms with van der Waals surface area (Å²) < 4.78 is 0. The second-order valence-electron chi connectivity index (χ2n) is 4.47. The summed E-state index contributed by atoms with van der Waals surface area (Å²) in [6, 6.07) is 8.30. The summed E-state index contributed by atoms with van der Waals surface area (Å²) in [7, 11) is 0. The summed E-state index contributed by atoms with van der Waals surface area (Å²) in [5, 5.41) is 3.07. The average Bonchev–Trinajstić information content (AvgIpc) is 2.90. The number of hydrogen-bond donors (Lipinski definition) is 0. The second-order valence-corrected chi connectivity index (χ2v) is 5.98. The molecule has 1 nitrogen and oxygen atoms in total. The summed E-state index contributed by atoms with van der Waals surface area (Å²) in [6.07, 6.45) is 2.62. The molecule has 18 heavy (non-hydrogen) atoms. The Morgan fingerprint density at radius 2 is 1.94 bits per heavy atom. The van der Waals surface area contributed by atoms with E-state index >= 15 is 0 Å². The van der Waals surface area contributed by atoms with Crippen LogP contribution in [0, 0.1) is 6.92 Å². The number of alkyl halides is 2. The Morgan fingerprint density at radius 3 is 2.50 bits per heavy atom. The van der Waals surface area contributed by atoms with Crippen molar-refractivity contribution < 1.29 is 0 Å². The molecule has 0 saturated heterocycles. The Balaban J connectivity index is 2.40. The monoisotopic (exact) mass is 299 g/mol. The smallest absolute Gasteiger partial charge is 0.0934 e. The molecule has 0 radical (unpaired) electrons. The predicted molar refractivity (Wildman–Crippen MR) is 80.1 cm³/mol. The molecule has 1 aromatic carbocycles. The zero-order valence-corrected chi connectivity index (χ0v) is 12.5. The molecule has 0 saturated carbocycles. The van der Waals surface area contributed by atoms with Gasteiger partial charge in [-0.05, 0) is 18.1 Å². The Bertz CT molecular complexity index is 492. The zero-order chi connectivity index (χ0) is 13.0. The van der Waals surface area contributed by atoms with E-state index in [2.05, 4.69) is 24.0 Å². The topological polar surface area (TPSA) is 12.9 Å². The molecule has 96 valence electrons. The van der Waals surface area contributed by atoms with E-state index in [0.717, 1.165) is 11.4 Å². The zero-order valence-electron chi connectivity index (χ0n) is 10.2. The third kappa shape index (κ3) is 2.71. The minimum absolute atomic E-state index is 0.230. The molecule has 0 spiro atoms. The molecule has 0 fully saturated rings. The van der Waals surface area contributed by atoms with E-state index in [1.54, 1.807) is 11.3 Å². The maximum absolute atomic E-state index is 6.24. The van der Waals surface area contributed by atoms with Crippen LogP contribution in [0.4, 0.5) is 0 Å². The first kappa shape index (κ1) is 13.9. The quantitative estimate of drug-likeness (QED) is 0.745. The van der Waals surface area contributed by atoms with Crippen molar-refractivity contribution in [2.75, 3.05) is 11.8 Å². The molecule has 2 rings (SSSR count). The molecule has 2 aromatic rings. The summed E-state index contributed by atoms with van der Waals surface area (Å²) in [5.74, 6) is 1.00. The molecule has 0 aliphatic rings. The van der Waals surface area contributed by atoms with Crippen molar-refractivity contribution in [2.24, 2.45) is 0 Å². The highest BCUT2D eigenvalue weighted by molar-refractivity contribution is 7.09. The van der Waals surface area contributed by atoms with Crippen LogP contribution in [0.3, 0.4) is 0 Å². The van der Waals surface area contributed by atoms with Crippen molar-refractivity contribution in [3.8, 4) is 0 Å². The molecule has 0 unspecified atom stereocenters. The van der Waals surface area contributed by atoms with E-state index in [0.29, 0.717) is 11.8 Å². The molecule has 0 atom stereocenters. The van der Waals surface area contributed by atoms with Gasteiger partial charge in [0, 0.05) is 35.2 Å². The van der Waals surface area contributed by atoms with Gasteiger partial charge in [-0.15, -0.1) is 34.5 Å². The van der Waals surface area contributed by atoms with E-state index in [-0.39, 0.29) is 5.41 Å². The van der Waals surface area contributed by atoms with Gasteiger partial charge < -0.3 is 0 Å². The van der Waals surface area contributed by atoms with Gasteiger partial charge in [0.05, 0.1) is 5.01 Å². The van der Waals surface area contributed by atoms with Crippen LogP contribution in [0.15, 0.2) is 35.8 Å². The molecule has 0 aliphatic heterocycles. The Labute approximate surface area is 122 Å². The van der Waals surface area contributed by atoms with Crippen molar-refractivity contribution in [3.63, 3.8) is 0 Å². The van der Waals surface area contributed by atoms with Crippen LogP contribution < -0.4 is 0 Å². The number of thiazole rings is 1. The van der Waals surface area contributed by atoms with E-state index in [1.807, 2.05) is 23.7 Å². The number of benzene rings is 1. The molecule has 0 aliphatic carbocycles. The Morgan fingerprint density at radius 1 is 1.22 bits per heavy atom. The third-order valence-electron chi connectivity index (χ3n) is 3.20. The largest absolute Gasteiger partial charge is 0.250 e. The van der Waals surface area contributed by atoms with Crippen LogP contribution in [0.2, 0.25) is 0 Å². The summed E-state index contributed by atoms with van der Waals surface area (Å²) in [5.41, 5.74) is 2.23. The molecule has 4 heteroatoms. The van der Waals surface area contributed by atoms with E-state index in [1.165, 1.54) is 11.1 Å². The number of nitrogens with zero attached hydrogens (tertiary/aromatic N) is 1. The van der Waals surface area contributed by atoms with Crippen LogP contribution in [0.25, 0.3) is 0 Å². The summed E-state index contributed by atoms with van der Waals surface area (Å²) in [6.45, 7) is 2.10. The molecule has 1 heterocycles. The lowest BCUT2D eigenvalue weighted by Gasteiger charge is -2.31. The van der Waals surface area contributed by atoms with Crippen LogP contribution in [0.5, 0.6) is 0 Å². The van der Waals surface area contributed by atoms with Gasteiger partial charge in [-0.25, -0.2) is 4.98 Å². The number of halogens is 2. The maximum atomic E-state index is 6.24. The van der Waals surface area contributed by atoms with Crippen molar-refractivity contribution in [2.45, 2.75) is 18.8 Å². The average molecular weight is 300 g/mol. The van der Waals surface area contributed by atoms with Crippen molar-refractivity contribution >= 4 is 34.5 Å². The first-order valence-corrected chi connectivity index (χ1v) is 7.73. The van der Waals surface area contributed by atoms with Crippen LogP contribution in [-0.4, -0.2) is 16.7 Å². The lowest BCUT2D eigenvalue weighted by atomic mass is 9.79. The van der Waals surface area contributed by atoms with Gasteiger partial charge >= 0.3 is 0 Å². The number of rotatable bonds is 5. The molecule has 1 aromatic heterocycles. The molecule has 0 bridgehead atoms. The van der Waals surface area contributed by atoms with E-state index in [9.17, 15) is 0 Å². The number of aromatic nitrogens is 1. The lowest BCUT2D eigenvalue weighted by Crippen LogP contribution is -2.34. The van der Waals surface area contributed by atoms with E-state index in [4.69, 9.17) is 23.2 Å². The molecular weight excluding hydrogens is 285 g/mol. The summed E-state index contributed by atoms with van der Waals surface area (Å²) in [4.78, 5) is 4.35. The van der Waals surface area contributed by atoms with E-state index < -0.39 is 0 Å². The molecule has 0 amide bonds. The third-order valence-corrected chi connectivity index (χ3v) is 5.00. The second kappa shape index (κ2) is 6.05. The molecular formula is C14H15Cl2NS. The lowest BCUT2D eigenvalue weighted by molar-refractivity contribution is 0.531. The number of hydrogen-bond acceptors (Lipinski definition) is 2. The summed E-state index contributed by atoms with van der Waals surface area (Å²) >= 11 is 14.1. The normalized spacial score (nSPS) is 11.7. The van der Waals surface area contributed by atoms with Crippen molar-refractivity contribution in [3.05, 3.63) is 52.0 Å². The minimum atomic E-state index is -0.230. The Kier molecular flexibility index (Phi) is 4.66. The number of aryl methyl sites for hydroxylation is 1. The first-order chi connectivity index (χ1) is 8.72. The minimum Gasteiger partial charge on any atom is -0.250 e. The predicted octanol–water partition coefficient (Wildman–Crippen LogP) is 4.41. The van der Waals surface area contributed by atoms with Crippen molar-refractivity contribution in [1.82, 2.24) is 4.98 Å². The van der Waals surface area contributed by atoms with Gasteiger partial charge in [-0.1, -0.05) is 24.3 Å². The molecule has 0 N–H and O–H groups in total. The fourth-order valence-electron chi connectivity index (χ4n) is 2.17. The highest BCUT2D eigenvalue weighted by Gasteiger charge is 2.33. The highest BCUT2D eigenvalue weighted by Crippen LogP contribution is 2.34. The van der Waals surface area contributed by atoms with Crippen molar-refractivity contribution in [1.29, 1.82) is 0 Å². The fraction of sp³-hybridized carbons (Fsp3) is 0.357. The standard InChI is InChI=1S/C14H15Cl2NS/c1-11-4-2-3-5-12(11)14(9-15,10-16)8-13-17-6-7-18-13/h2-7H,8-10H2,1H3. The van der Waals surface area contributed by atoms with Crippen LogP contribution in [-0.2, 0) is 11.8 Å². The van der Waals surface area contributed by atoms with Gasteiger partial charge in [0.1, 0.15) is 0 Å². The Hall–Kier alpha value is -0.570. The van der Waals surface area contributed by atoms with Gasteiger partial charge in [0.15, 0.2) is 0 Å². The highest BCUT2D eigenvalue weighted by atomic mass is 35.5. The van der Waals surface area contributed by atoms with Gasteiger partial charge in [0.25, 0.3) is 0 Å². The van der Waals surface area contributed by atoms with Crippen LogP contribution in [0.1, 0.15) is 16.1 Å². The van der Waals surface area contributed by atoms with Gasteiger partial charge in [-0.3, -0.25) is 0 Å². The maximum Gasteiger partial charge on any atom is 0.0934 e. The van der Waals surface area contributed by atoms with Crippen LogP contribution >= 0.6 is 34.5 Å².